The third-order valence-electron chi connectivity index (χ3n) is 3.32. The van der Waals surface area contributed by atoms with Gasteiger partial charge in [0.05, 0.1) is 0 Å². The molecule has 0 heterocycles. The molecular weight excluding hydrogens is 256 g/mol. The minimum absolute atomic E-state index is 0.00372. The highest BCUT2D eigenvalue weighted by molar-refractivity contribution is 6.76. The molecule has 0 radical (unpaired) electrons. The Kier molecular flexibility index (Phi) is 6.78. The van der Waals surface area contributed by atoms with Crippen molar-refractivity contribution in [1.82, 2.24) is 0 Å². The van der Waals surface area contributed by atoms with Crippen LogP contribution < -0.4 is 0 Å². The van der Waals surface area contributed by atoms with Crippen LogP contribution in [0.2, 0.25) is 12.1 Å². The Morgan fingerprint density at radius 3 is 1.47 bits per heavy atom. The maximum Gasteiger partial charge on any atom is 0.531 e. The Labute approximate surface area is 106 Å². The van der Waals surface area contributed by atoms with E-state index in [0.29, 0.717) is 0 Å². The van der Waals surface area contributed by atoms with Crippen molar-refractivity contribution in [2.75, 3.05) is 35.5 Å². The average Bonchev–Trinajstić information content (AvgIpc) is 2.39. The summed E-state index contributed by atoms with van der Waals surface area (Å²) in [4.78, 5) is 0. The van der Waals surface area contributed by atoms with Gasteiger partial charge in [0.2, 0.25) is 0 Å². The molecule has 0 fully saturated rings. The van der Waals surface area contributed by atoms with Gasteiger partial charge in [0.15, 0.2) is 0 Å². The van der Waals surface area contributed by atoms with Crippen LogP contribution in [0.3, 0.4) is 0 Å². The fraction of sp³-hybridized carbons (Fsp3) is 0.800. The molecule has 5 nitrogen and oxygen atoms in total. The highest BCUT2D eigenvalue weighted by Gasteiger charge is 2.50. The fourth-order valence-electron chi connectivity index (χ4n) is 1.66. The van der Waals surface area contributed by atoms with E-state index in [1.165, 1.54) is 0 Å². The lowest BCUT2D eigenvalue weighted by Gasteiger charge is -2.35. The lowest BCUT2D eigenvalue weighted by Crippen LogP contribution is -2.51. The van der Waals surface area contributed by atoms with E-state index in [9.17, 15) is 0 Å². The number of allylic oxidation sites excluding steroid dienone is 1. The summed E-state index contributed by atoms with van der Waals surface area (Å²) in [5, 5.41) is 0.780. The summed E-state index contributed by atoms with van der Waals surface area (Å²) in [7, 11) is 2.82. The molecule has 0 amide bonds. The Morgan fingerprint density at radius 1 is 0.882 bits per heavy atom. The van der Waals surface area contributed by atoms with Gasteiger partial charge in [-0.3, -0.25) is 0 Å². The number of rotatable bonds is 8. The van der Waals surface area contributed by atoms with Gasteiger partial charge in [0.1, 0.15) is 0 Å². The van der Waals surface area contributed by atoms with Gasteiger partial charge in [-0.2, -0.15) is 0 Å². The molecule has 0 saturated carbocycles. The van der Waals surface area contributed by atoms with Crippen LogP contribution >= 0.6 is 0 Å². The molecular formula is C10H24O5Si2. The highest BCUT2D eigenvalue weighted by Crippen LogP contribution is 2.35. The topological polar surface area (TPSA) is 46.2 Å². The molecule has 0 spiro atoms. The molecule has 102 valence electrons. The van der Waals surface area contributed by atoms with Crippen LogP contribution in [0.5, 0.6) is 0 Å². The molecule has 0 aliphatic rings. The zero-order valence-corrected chi connectivity index (χ0v) is 13.8. The molecule has 0 bridgehead atoms. The fourth-order valence-corrected chi connectivity index (χ4v) is 6.30. The monoisotopic (exact) mass is 280 g/mol. The Balaban J connectivity index is 5.15. The van der Waals surface area contributed by atoms with Gasteiger partial charge in [-0.15, -0.1) is 0 Å². The Bertz CT molecular complexity index is 243. The second-order valence-electron chi connectivity index (χ2n) is 3.84. The smallest absolute Gasteiger partial charge is 0.397 e. The van der Waals surface area contributed by atoms with Crippen molar-refractivity contribution < 1.29 is 22.1 Å². The highest BCUT2D eigenvalue weighted by atomic mass is 28.4. The van der Waals surface area contributed by atoms with Crippen molar-refractivity contribution in [3.05, 3.63) is 11.8 Å². The predicted octanol–water partition coefficient (Wildman–Crippen LogP) is 1.71. The summed E-state index contributed by atoms with van der Waals surface area (Å²) >= 11 is 0. The van der Waals surface area contributed by atoms with Crippen molar-refractivity contribution in [2.45, 2.75) is 19.0 Å². The predicted molar refractivity (Wildman–Crippen MR) is 71.0 cm³/mol. The largest absolute Gasteiger partial charge is 0.531 e. The Morgan fingerprint density at radius 2 is 1.24 bits per heavy atom. The van der Waals surface area contributed by atoms with Gasteiger partial charge in [-0.25, -0.2) is 0 Å². The van der Waals surface area contributed by atoms with Crippen LogP contribution in [-0.4, -0.2) is 52.9 Å². The molecule has 7 heteroatoms. The zero-order valence-electron chi connectivity index (χ0n) is 11.8. The molecule has 0 N–H and O–H groups in total. The van der Waals surface area contributed by atoms with Crippen molar-refractivity contribution in [3.8, 4) is 0 Å². The zero-order chi connectivity index (χ0) is 13.7. The number of hydrogen-bond acceptors (Lipinski definition) is 5. The second kappa shape index (κ2) is 6.79. The molecule has 17 heavy (non-hydrogen) atoms. The van der Waals surface area contributed by atoms with Gasteiger partial charge in [0.25, 0.3) is 0 Å². The van der Waals surface area contributed by atoms with E-state index in [2.05, 4.69) is 6.58 Å². The third kappa shape index (κ3) is 3.25. The number of hydrogen-bond donors (Lipinski definition) is 0. The van der Waals surface area contributed by atoms with Gasteiger partial charge in [-0.05, 0) is 11.7 Å². The SMILES string of the molecule is C=C(C(C)[Si](C)(OC)OC)[Si](OC)(OC)OC. The normalized spacial score (nSPS) is 14.8. The van der Waals surface area contributed by atoms with Gasteiger partial charge in [-0.1, -0.05) is 13.5 Å². The molecule has 1 atom stereocenters. The summed E-state index contributed by atoms with van der Waals surface area (Å²) in [6.45, 7) is 8.04. The van der Waals surface area contributed by atoms with Crippen molar-refractivity contribution >= 4 is 17.4 Å². The maximum atomic E-state index is 5.51. The summed E-state index contributed by atoms with van der Waals surface area (Å²) in [6.07, 6.45) is 0. The molecule has 0 aromatic heterocycles. The summed E-state index contributed by atoms with van der Waals surface area (Å²) in [6, 6.07) is 0. The standard InChI is InChI=1S/C10H24O5Si2/c1-9(16(8,11-3)12-4)10(2)17(13-5,14-6)15-7/h9H,2H2,1,3-8H3. The van der Waals surface area contributed by atoms with E-state index in [-0.39, 0.29) is 5.54 Å². The molecule has 0 rings (SSSR count). The first-order valence-corrected chi connectivity index (χ1v) is 9.44. The van der Waals surface area contributed by atoms with E-state index in [1.54, 1.807) is 35.5 Å². The minimum Gasteiger partial charge on any atom is -0.397 e. The first-order chi connectivity index (χ1) is 7.87. The Hall–Kier alpha value is -0.0262. The molecule has 0 aliphatic carbocycles. The van der Waals surface area contributed by atoms with Gasteiger partial charge >= 0.3 is 17.4 Å². The van der Waals surface area contributed by atoms with E-state index in [4.69, 9.17) is 22.1 Å². The van der Waals surface area contributed by atoms with Crippen molar-refractivity contribution in [2.24, 2.45) is 0 Å². The van der Waals surface area contributed by atoms with E-state index in [0.717, 1.165) is 5.20 Å². The van der Waals surface area contributed by atoms with Crippen LogP contribution in [0.1, 0.15) is 6.92 Å². The van der Waals surface area contributed by atoms with Crippen LogP contribution in [0.4, 0.5) is 0 Å². The van der Waals surface area contributed by atoms with E-state index < -0.39 is 17.4 Å². The third-order valence-corrected chi connectivity index (χ3v) is 9.98. The van der Waals surface area contributed by atoms with Gasteiger partial charge in [0, 0.05) is 41.1 Å². The summed E-state index contributed by atoms with van der Waals surface area (Å²) < 4.78 is 27.2. The molecule has 0 saturated heterocycles. The van der Waals surface area contributed by atoms with Gasteiger partial charge < -0.3 is 22.1 Å². The molecule has 1 unspecified atom stereocenters. The first-order valence-electron chi connectivity index (χ1n) is 5.32. The van der Waals surface area contributed by atoms with Crippen LogP contribution in [0, 0.1) is 0 Å². The molecule has 0 aliphatic heterocycles. The van der Waals surface area contributed by atoms with Crippen LogP contribution in [-0.2, 0) is 22.1 Å². The summed E-state index contributed by atoms with van der Waals surface area (Å²) in [5.41, 5.74) is 0.00372. The van der Waals surface area contributed by atoms with E-state index in [1.807, 2.05) is 13.5 Å². The van der Waals surface area contributed by atoms with Crippen molar-refractivity contribution in [3.63, 3.8) is 0 Å². The van der Waals surface area contributed by atoms with Crippen molar-refractivity contribution in [1.29, 1.82) is 0 Å². The lowest BCUT2D eigenvalue weighted by atomic mass is 10.5. The minimum atomic E-state index is -2.85. The molecule has 0 aromatic rings. The van der Waals surface area contributed by atoms with E-state index >= 15 is 0 Å². The average molecular weight is 280 g/mol. The quantitative estimate of drug-likeness (QED) is 0.634. The van der Waals surface area contributed by atoms with Crippen LogP contribution in [0.25, 0.3) is 0 Å². The summed E-state index contributed by atoms with van der Waals surface area (Å²) in [5.74, 6) is 0. The lowest BCUT2D eigenvalue weighted by molar-refractivity contribution is 0.132. The first kappa shape index (κ1) is 17.0. The maximum absolute atomic E-state index is 5.51. The molecule has 0 aromatic carbocycles. The second-order valence-corrected chi connectivity index (χ2v) is 10.5. The van der Waals surface area contributed by atoms with Crippen LogP contribution in [0.15, 0.2) is 11.8 Å².